The van der Waals surface area contributed by atoms with Crippen LogP contribution in [0.2, 0.25) is 0 Å². The molecule has 1 atom stereocenters. The summed E-state index contributed by atoms with van der Waals surface area (Å²) in [5.74, 6) is 1.16. The van der Waals surface area contributed by atoms with Gasteiger partial charge in [-0.05, 0) is 30.9 Å². The van der Waals surface area contributed by atoms with E-state index in [2.05, 4.69) is 51.9 Å². The molecular weight excluding hydrogens is 481 g/mol. The normalized spacial score (nSPS) is 16.5. The second-order valence-electron chi connectivity index (χ2n) is 7.55. The van der Waals surface area contributed by atoms with Crippen LogP contribution in [0.3, 0.4) is 0 Å². The quantitative estimate of drug-likeness (QED) is 0.302. The number of H-pyrrole nitrogens is 1. The number of likely N-dealkylation sites (N-methyl/N-ethyl adjacent to an activating group) is 1. The highest BCUT2D eigenvalue weighted by Gasteiger charge is 2.16. The first kappa shape index (κ1) is 23.5. The Bertz CT molecular complexity index is 828. The van der Waals surface area contributed by atoms with E-state index in [0.717, 1.165) is 39.1 Å². The molecule has 29 heavy (non-hydrogen) atoms. The van der Waals surface area contributed by atoms with E-state index < -0.39 is 0 Å². The number of guanidine groups is 1. The first-order chi connectivity index (χ1) is 13.5. The second kappa shape index (κ2) is 11.4. The van der Waals surface area contributed by atoms with Crippen molar-refractivity contribution < 1.29 is 9.53 Å². The van der Waals surface area contributed by atoms with Gasteiger partial charge in [-0.15, -0.1) is 24.0 Å². The highest BCUT2D eigenvalue weighted by molar-refractivity contribution is 14.0. The summed E-state index contributed by atoms with van der Waals surface area (Å²) in [4.78, 5) is 21.3. The first-order valence-electron chi connectivity index (χ1n) is 9.90. The van der Waals surface area contributed by atoms with Crippen LogP contribution in [0.1, 0.15) is 17.5 Å². The fourth-order valence-corrected chi connectivity index (χ4v) is 3.33. The van der Waals surface area contributed by atoms with E-state index in [1.165, 1.54) is 22.0 Å². The Balaban J connectivity index is 0.00000300. The zero-order valence-corrected chi connectivity index (χ0v) is 19.8. The van der Waals surface area contributed by atoms with Gasteiger partial charge in [0.05, 0.1) is 6.61 Å². The maximum absolute atomic E-state index is 11.9. The maximum Gasteiger partial charge on any atom is 0.243 e. The standard InChI is InChI=1S/C21H31N5O2.HI/c1-15-5-4-6-18-17(12-23-20(15)18)7-9-22-21(25-13-19(27)26(2)3)24-11-16-8-10-28-14-16;/h4-6,12,16,23H,7-11,13-14H2,1-3H3,(H2,22,24,25);1H. The third-order valence-electron chi connectivity index (χ3n) is 5.15. The first-order valence-corrected chi connectivity index (χ1v) is 9.90. The average Bonchev–Trinajstić information content (AvgIpc) is 3.34. The Morgan fingerprint density at radius 1 is 1.34 bits per heavy atom. The Morgan fingerprint density at radius 3 is 2.90 bits per heavy atom. The van der Waals surface area contributed by atoms with Crippen molar-refractivity contribution in [1.82, 2.24) is 20.5 Å². The number of carbonyl (C=O) groups is 1. The number of ether oxygens (including phenoxy) is 1. The minimum Gasteiger partial charge on any atom is -0.381 e. The molecule has 0 spiro atoms. The van der Waals surface area contributed by atoms with Crippen molar-refractivity contribution in [1.29, 1.82) is 0 Å². The smallest absolute Gasteiger partial charge is 0.243 e. The lowest BCUT2D eigenvalue weighted by Crippen LogP contribution is -2.41. The highest BCUT2D eigenvalue weighted by Crippen LogP contribution is 2.21. The minimum absolute atomic E-state index is 0. The number of aromatic amines is 1. The monoisotopic (exact) mass is 513 g/mol. The summed E-state index contributed by atoms with van der Waals surface area (Å²) in [6.45, 7) is 5.40. The second-order valence-corrected chi connectivity index (χ2v) is 7.55. The van der Waals surface area contributed by atoms with Crippen LogP contribution >= 0.6 is 24.0 Å². The van der Waals surface area contributed by atoms with Crippen LogP contribution in [0.4, 0.5) is 0 Å². The van der Waals surface area contributed by atoms with Crippen LogP contribution in [-0.2, 0) is 16.0 Å². The molecule has 3 N–H and O–H groups in total. The largest absolute Gasteiger partial charge is 0.381 e. The minimum atomic E-state index is -0.0163. The van der Waals surface area contributed by atoms with Gasteiger partial charge in [0.1, 0.15) is 6.54 Å². The fourth-order valence-electron chi connectivity index (χ4n) is 3.33. The van der Waals surface area contributed by atoms with Gasteiger partial charge in [0.25, 0.3) is 0 Å². The Morgan fingerprint density at radius 2 is 2.17 bits per heavy atom. The van der Waals surface area contributed by atoms with Crippen molar-refractivity contribution in [2.45, 2.75) is 19.8 Å². The molecule has 1 fully saturated rings. The zero-order chi connectivity index (χ0) is 19.9. The van der Waals surface area contributed by atoms with Crippen LogP contribution in [-0.4, -0.2) is 68.7 Å². The van der Waals surface area contributed by atoms with Gasteiger partial charge >= 0.3 is 0 Å². The van der Waals surface area contributed by atoms with Crippen molar-refractivity contribution in [3.8, 4) is 0 Å². The zero-order valence-electron chi connectivity index (χ0n) is 17.5. The molecule has 1 amide bonds. The highest BCUT2D eigenvalue weighted by atomic mass is 127. The number of benzene rings is 1. The van der Waals surface area contributed by atoms with Crippen LogP contribution < -0.4 is 10.6 Å². The van der Waals surface area contributed by atoms with E-state index in [4.69, 9.17) is 4.74 Å². The Hall–Kier alpha value is -1.81. The van der Waals surface area contributed by atoms with Crippen molar-refractivity contribution in [3.63, 3.8) is 0 Å². The molecule has 8 heteroatoms. The maximum atomic E-state index is 11.9. The Kier molecular flexibility index (Phi) is 9.22. The van der Waals surface area contributed by atoms with Gasteiger partial charge in [-0.1, -0.05) is 18.2 Å². The number of hydrogen-bond acceptors (Lipinski definition) is 3. The van der Waals surface area contributed by atoms with Gasteiger partial charge in [0.15, 0.2) is 5.96 Å². The molecule has 0 aliphatic carbocycles. The number of aromatic nitrogens is 1. The number of aryl methyl sites for hydroxylation is 1. The number of nitrogens with zero attached hydrogens (tertiary/aromatic N) is 2. The molecule has 1 saturated heterocycles. The molecule has 2 heterocycles. The number of hydrogen-bond donors (Lipinski definition) is 3. The topological polar surface area (TPSA) is 81.8 Å². The molecule has 7 nitrogen and oxygen atoms in total. The SMILES string of the molecule is Cc1cccc2c(CCNC(=NCC(=O)N(C)C)NCC3CCOC3)c[nH]c12.I. The predicted molar refractivity (Wildman–Crippen MR) is 128 cm³/mol. The predicted octanol–water partition coefficient (Wildman–Crippen LogP) is 2.30. The summed E-state index contributed by atoms with van der Waals surface area (Å²) in [6.07, 6.45) is 4.01. The van der Waals surface area contributed by atoms with Crippen molar-refractivity contribution in [2.24, 2.45) is 10.9 Å². The molecule has 1 aromatic carbocycles. The Labute approximate surface area is 189 Å². The molecular formula is C21H32IN5O2. The van der Waals surface area contributed by atoms with Crippen molar-refractivity contribution in [2.75, 3.05) is 46.9 Å². The van der Waals surface area contributed by atoms with E-state index in [0.29, 0.717) is 11.9 Å². The van der Waals surface area contributed by atoms with E-state index in [9.17, 15) is 4.79 Å². The number of fused-ring (bicyclic) bond motifs is 1. The number of para-hydroxylation sites is 1. The van der Waals surface area contributed by atoms with Gasteiger partial charge in [0, 0.05) is 56.8 Å². The number of amides is 1. The van der Waals surface area contributed by atoms with Gasteiger partial charge in [-0.3, -0.25) is 4.79 Å². The molecule has 1 aliphatic rings. The van der Waals surface area contributed by atoms with Crippen LogP contribution in [0.15, 0.2) is 29.4 Å². The van der Waals surface area contributed by atoms with Gasteiger partial charge in [0.2, 0.25) is 5.91 Å². The summed E-state index contributed by atoms with van der Waals surface area (Å²) in [5.41, 5.74) is 3.73. The summed E-state index contributed by atoms with van der Waals surface area (Å²) < 4.78 is 5.44. The molecule has 1 aromatic heterocycles. The molecule has 2 aromatic rings. The molecule has 0 radical (unpaired) electrons. The number of aliphatic imine (C=N–C) groups is 1. The number of carbonyl (C=O) groups excluding carboxylic acids is 1. The van der Waals surface area contributed by atoms with E-state index in [-0.39, 0.29) is 36.4 Å². The lowest BCUT2D eigenvalue weighted by molar-refractivity contribution is -0.127. The van der Waals surface area contributed by atoms with Gasteiger partial charge in [-0.2, -0.15) is 0 Å². The van der Waals surface area contributed by atoms with Crippen LogP contribution in [0, 0.1) is 12.8 Å². The van der Waals surface area contributed by atoms with Crippen LogP contribution in [0.5, 0.6) is 0 Å². The van der Waals surface area contributed by atoms with E-state index in [1.807, 2.05) is 0 Å². The third kappa shape index (κ3) is 6.60. The van der Waals surface area contributed by atoms with Gasteiger partial charge in [-0.25, -0.2) is 4.99 Å². The van der Waals surface area contributed by atoms with E-state index in [1.54, 1.807) is 19.0 Å². The molecule has 0 bridgehead atoms. The molecule has 3 rings (SSSR count). The summed E-state index contributed by atoms with van der Waals surface area (Å²) >= 11 is 0. The lowest BCUT2D eigenvalue weighted by Gasteiger charge is -2.15. The van der Waals surface area contributed by atoms with Crippen molar-refractivity contribution >= 4 is 46.7 Å². The molecule has 0 saturated carbocycles. The summed E-state index contributed by atoms with van der Waals surface area (Å²) in [6, 6.07) is 6.36. The molecule has 1 aliphatic heterocycles. The number of nitrogens with one attached hydrogen (secondary N) is 3. The number of rotatable bonds is 7. The molecule has 1 unspecified atom stereocenters. The van der Waals surface area contributed by atoms with Gasteiger partial charge < -0.3 is 25.3 Å². The van der Waals surface area contributed by atoms with Crippen LogP contribution in [0.25, 0.3) is 10.9 Å². The third-order valence-corrected chi connectivity index (χ3v) is 5.15. The fraction of sp³-hybridized carbons (Fsp3) is 0.524. The van der Waals surface area contributed by atoms with Crippen molar-refractivity contribution in [3.05, 3.63) is 35.5 Å². The summed E-state index contributed by atoms with van der Waals surface area (Å²) in [5, 5.41) is 7.99. The molecule has 160 valence electrons. The van der Waals surface area contributed by atoms with E-state index >= 15 is 0 Å². The average molecular weight is 513 g/mol. The lowest BCUT2D eigenvalue weighted by atomic mass is 10.1. The number of halogens is 1. The summed E-state index contributed by atoms with van der Waals surface area (Å²) in [7, 11) is 3.49.